The minimum atomic E-state index is -0.632. The summed E-state index contributed by atoms with van der Waals surface area (Å²) in [6.07, 6.45) is 0.743. The molecule has 0 aromatic heterocycles. The lowest BCUT2D eigenvalue weighted by Gasteiger charge is -2.37. The normalized spacial score (nSPS) is 20.9. The summed E-state index contributed by atoms with van der Waals surface area (Å²) in [5.41, 5.74) is 4.22. The van der Waals surface area contributed by atoms with Crippen LogP contribution in [0.5, 0.6) is 0 Å². The van der Waals surface area contributed by atoms with Gasteiger partial charge in [0.05, 0.1) is 21.7 Å². The number of allylic oxidation sites excluding steroid dienone is 3. The van der Waals surface area contributed by atoms with Crippen LogP contribution < -0.4 is 5.32 Å². The summed E-state index contributed by atoms with van der Waals surface area (Å²) >= 11 is 12.9. The Labute approximate surface area is 198 Å². The first-order chi connectivity index (χ1) is 15.3. The van der Waals surface area contributed by atoms with Crippen molar-refractivity contribution in [1.29, 1.82) is 0 Å². The quantitative estimate of drug-likeness (QED) is 0.533. The van der Waals surface area contributed by atoms with Gasteiger partial charge in [-0.05, 0) is 50.3 Å². The molecule has 2 aromatic carbocycles. The van der Waals surface area contributed by atoms with Gasteiger partial charge < -0.3 is 10.1 Å². The second-order valence-corrected chi connectivity index (χ2v) is 9.31. The van der Waals surface area contributed by atoms with Crippen molar-refractivity contribution in [2.24, 2.45) is 0 Å². The Bertz CT molecular complexity index is 1140. The van der Waals surface area contributed by atoms with Crippen molar-refractivity contribution in [3.63, 3.8) is 0 Å². The van der Waals surface area contributed by atoms with Gasteiger partial charge in [-0.2, -0.15) is 0 Å². The SMILES string of the molecule is CC1=C(C(=O)OC(C)C)[C@@H](c2cccc(Cl)c2Cl)C2=C(C[C@@H](c3ccccc3)CC2=O)N1. The third kappa shape index (κ3) is 4.22. The number of halogens is 2. The number of carbonyl (C=O) groups is 2. The molecule has 2 aromatic rings. The monoisotopic (exact) mass is 469 g/mol. The Kier molecular flexibility index (Phi) is 6.45. The Morgan fingerprint density at radius 2 is 1.78 bits per heavy atom. The molecule has 0 unspecified atom stereocenters. The number of Topliss-reactive ketones (excluding diaryl/α,β-unsaturated/α-hetero) is 1. The summed E-state index contributed by atoms with van der Waals surface area (Å²) in [5, 5.41) is 4.07. The predicted molar refractivity (Wildman–Crippen MR) is 127 cm³/mol. The van der Waals surface area contributed by atoms with Gasteiger partial charge in [0.1, 0.15) is 0 Å². The first-order valence-electron chi connectivity index (χ1n) is 10.7. The fourth-order valence-electron chi connectivity index (χ4n) is 4.60. The molecule has 0 saturated carbocycles. The van der Waals surface area contributed by atoms with Crippen LogP contribution in [0.2, 0.25) is 10.0 Å². The van der Waals surface area contributed by atoms with E-state index >= 15 is 0 Å². The highest BCUT2D eigenvalue weighted by Crippen LogP contribution is 2.48. The maximum absolute atomic E-state index is 13.5. The maximum Gasteiger partial charge on any atom is 0.337 e. The van der Waals surface area contributed by atoms with Crippen LogP contribution in [0.15, 0.2) is 71.1 Å². The number of esters is 1. The summed E-state index contributed by atoms with van der Waals surface area (Å²) < 4.78 is 5.54. The van der Waals surface area contributed by atoms with Gasteiger partial charge in [0.15, 0.2) is 5.78 Å². The highest BCUT2D eigenvalue weighted by atomic mass is 35.5. The number of benzene rings is 2. The van der Waals surface area contributed by atoms with Crippen LogP contribution in [0, 0.1) is 0 Å². The number of ether oxygens (including phenoxy) is 1. The van der Waals surface area contributed by atoms with E-state index in [4.69, 9.17) is 27.9 Å². The number of hydrogen-bond acceptors (Lipinski definition) is 4. The maximum atomic E-state index is 13.5. The molecule has 0 fully saturated rings. The molecule has 0 saturated heterocycles. The zero-order valence-electron chi connectivity index (χ0n) is 18.2. The van der Waals surface area contributed by atoms with Gasteiger partial charge in [-0.3, -0.25) is 4.79 Å². The second kappa shape index (κ2) is 9.13. The van der Waals surface area contributed by atoms with Crippen molar-refractivity contribution in [3.8, 4) is 0 Å². The molecule has 1 aliphatic heterocycles. The third-order valence-corrected chi connectivity index (χ3v) is 6.79. The average Bonchev–Trinajstić information content (AvgIpc) is 2.74. The molecule has 1 aliphatic carbocycles. The largest absolute Gasteiger partial charge is 0.460 e. The van der Waals surface area contributed by atoms with Crippen molar-refractivity contribution in [3.05, 3.63) is 92.2 Å². The summed E-state index contributed by atoms with van der Waals surface area (Å²) in [5.74, 6) is -1.03. The minimum Gasteiger partial charge on any atom is -0.460 e. The highest BCUT2D eigenvalue weighted by molar-refractivity contribution is 6.42. The van der Waals surface area contributed by atoms with Crippen molar-refractivity contribution >= 4 is 35.0 Å². The molecule has 32 heavy (non-hydrogen) atoms. The summed E-state index contributed by atoms with van der Waals surface area (Å²) in [4.78, 5) is 26.7. The van der Waals surface area contributed by atoms with Crippen LogP contribution in [0.1, 0.15) is 56.6 Å². The summed E-state index contributed by atoms with van der Waals surface area (Å²) in [7, 11) is 0. The van der Waals surface area contributed by atoms with Gasteiger partial charge in [-0.15, -0.1) is 0 Å². The molecule has 4 rings (SSSR count). The molecular formula is C26H25Cl2NO3. The third-order valence-electron chi connectivity index (χ3n) is 5.95. The van der Waals surface area contributed by atoms with E-state index < -0.39 is 11.9 Å². The molecule has 2 atom stereocenters. The van der Waals surface area contributed by atoms with Gasteiger partial charge in [0.2, 0.25) is 0 Å². The highest BCUT2D eigenvalue weighted by Gasteiger charge is 2.42. The fraction of sp³-hybridized carbons (Fsp3) is 0.308. The smallest absolute Gasteiger partial charge is 0.337 e. The molecule has 1 heterocycles. The summed E-state index contributed by atoms with van der Waals surface area (Å²) in [6.45, 7) is 5.43. The fourth-order valence-corrected chi connectivity index (χ4v) is 5.02. The van der Waals surface area contributed by atoms with E-state index in [0.29, 0.717) is 45.3 Å². The van der Waals surface area contributed by atoms with E-state index in [1.54, 1.807) is 26.0 Å². The first kappa shape index (κ1) is 22.6. The Balaban J connectivity index is 1.84. The van der Waals surface area contributed by atoms with Crippen LogP contribution in [0.4, 0.5) is 0 Å². The van der Waals surface area contributed by atoms with Gasteiger partial charge in [-0.25, -0.2) is 4.79 Å². The Morgan fingerprint density at radius 3 is 2.47 bits per heavy atom. The van der Waals surface area contributed by atoms with Gasteiger partial charge in [-0.1, -0.05) is 65.7 Å². The van der Waals surface area contributed by atoms with Crippen LogP contribution in [0.25, 0.3) is 0 Å². The van der Waals surface area contributed by atoms with Gasteiger partial charge in [0, 0.05) is 29.3 Å². The molecule has 1 N–H and O–H groups in total. The number of ketones is 1. The molecule has 6 heteroatoms. The predicted octanol–water partition coefficient (Wildman–Crippen LogP) is 6.31. The molecular weight excluding hydrogens is 445 g/mol. The van der Waals surface area contributed by atoms with E-state index in [0.717, 1.165) is 11.3 Å². The van der Waals surface area contributed by atoms with E-state index in [1.807, 2.05) is 43.3 Å². The van der Waals surface area contributed by atoms with Crippen molar-refractivity contribution < 1.29 is 14.3 Å². The number of nitrogens with one attached hydrogen (secondary N) is 1. The van der Waals surface area contributed by atoms with Gasteiger partial charge >= 0.3 is 5.97 Å². The van der Waals surface area contributed by atoms with E-state index in [-0.39, 0.29) is 17.8 Å². The standard InChI is InChI=1S/C26H25Cl2NO3/c1-14(2)32-26(31)22-15(3)29-20-12-17(16-8-5-4-6-9-16)13-21(30)24(20)23(22)18-10-7-11-19(27)25(18)28/h4-11,14,17,23,29H,12-13H2,1-3H3/t17-,23-/m1/s1. The lowest BCUT2D eigenvalue weighted by atomic mass is 9.71. The van der Waals surface area contributed by atoms with E-state index in [2.05, 4.69) is 5.32 Å². The molecule has 2 aliphatic rings. The minimum absolute atomic E-state index is 0.00371. The van der Waals surface area contributed by atoms with Crippen LogP contribution >= 0.6 is 23.2 Å². The van der Waals surface area contributed by atoms with E-state index in [1.165, 1.54) is 0 Å². The number of carbonyl (C=O) groups excluding carboxylic acids is 2. The zero-order valence-corrected chi connectivity index (χ0v) is 19.8. The van der Waals surface area contributed by atoms with Crippen LogP contribution in [0.3, 0.4) is 0 Å². The first-order valence-corrected chi connectivity index (χ1v) is 11.5. The van der Waals surface area contributed by atoms with Crippen molar-refractivity contribution in [1.82, 2.24) is 5.32 Å². The number of dihydropyridines is 1. The molecule has 4 nitrogen and oxygen atoms in total. The lowest BCUT2D eigenvalue weighted by Crippen LogP contribution is -2.36. The molecule has 0 bridgehead atoms. The van der Waals surface area contributed by atoms with Crippen molar-refractivity contribution in [2.45, 2.75) is 51.6 Å². The Hall–Kier alpha value is -2.56. The van der Waals surface area contributed by atoms with E-state index in [9.17, 15) is 9.59 Å². The lowest BCUT2D eigenvalue weighted by molar-refractivity contribution is -0.143. The second-order valence-electron chi connectivity index (χ2n) is 8.53. The van der Waals surface area contributed by atoms with Gasteiger partial charge in [0.25, 0.3) is 0 Å². The van der Waals surface area contributed by atoms with Crippen LogP contribution in [-0.4, -0.2) is 17.9 Å². The number of hydrogen-bond donors (Lipinski definition) is 1. The topological polar surface area (TPSA) is 55.4 Å². The summed E-state index contributed by atoms with van der Waals surface area (Å²) in [6, 6.07) is 15.3. The van der Waals surface area contributed by atoms with Crippen LogP contribution in [-0.2, 0) is 14.3 Å². The van der Waals surface area contributed by atoms with Crippen molar-refractivity contribution in [2.75, 3.05) is 0 Å². The average molecular weight is 470 g/mol. The Morgan fingerprint density at radius 1 is 1.06 bits per heavy atom. The number of rotatable bonds is 4. The molecule has 0 spiro atoms. The molecule has 0 radical (unpaired) electrons. The molecule has 166 valence electrons. The zero-order chi connectivity index (χ0) is 23.0. The molecule has 0 amide bonds.